The van der Waals surface area contributed by atoms with Crippen molar-refractivity contribution in [2.24, 2.45) is 5.92 Å². The van der Waals surface area contributed by atoms with Crippen LogP contribution in [0.15, 0.2) is 24.3 Å². The fourth-order valence-corrected chi connectivity index (χ4v) is 3.58. The molecule has 2 rings (SSSR count). The third-order valence-corrected chi connectivity index (χ3v) is 4.43. The van der Waals surface area contributed by atoms with Crippen LogP contribution in [0.5, 0.6) is 0 Å². The maximum Gasteiger partial charge on any atom is 0.152 e. The van der Waals surface area contributed by atoms with Gasteiger partial charge in [0.2, 0.25) is 0 Å². The van der Waals surface area contributed by atoms with Gasteiger partial charge >= 0.3 is 0 Å². The van der Waals surface area contributed by atoms with Crippen LogP contribution in [0.25, 0.3) is 0 Å². The summed E-state index contributed by atoms with van der Waals surface area (Å²) in [5, 5.41) is 8.20. The van der Waals surface area contributed by atoms with Gasteiger partial charge in [-0.1, -0.05) is 12.1 Å². The molecule has 1 aromatic carbocycles. The highest BCUT2D eigenvalue weighted by Gasteiger charge is 2.57. The van der Waals surface area contributed by atoms with Crippen molar-refractivity contribution >= 4 is 9.84 Å². The zero-order valence-electron chi connectivity index (χ0n) is 8.59. The highest BCUT2D eigenvalue weighted by molar-refractivity contribution is 7.91. The van der Waals surface area contributed by atoms with Crippen LogP contribution in [-0.2, 0) is 9.84 Å². The van der Waals surface area contributed by atoms with Crippen LogP contribution in [0.2, 0.25) is 0 Å². The molecule has 0 aromatic heterocycles. The molecule has 5 heteroatoms. The number of halogens is 1. The summed E-state index contributed by atoms with van der Waals surface area (Å²) in [4.78, 5) is 0. The molecular formula is C11H10FNO2S. The second kappa shape index (κ2) is 3.56. The van der Waals surface area contributed by atoms with Gasteiger partial charge < -0.3 is 0 Å². The first-order valence-corrected chi connectivity index (χ1v) is 6.74. The summed E-state index contributed by atoms with van der Waals surface area (Å²) >= 11 is 0. The standard InChI is InChI=1S/C11H10FNO2S/c1-16(14,15)11-9(6-13)10(11)7-2-4-8(12)5-3-7/h2-5,9-11H,1H3. The van der Waals surface area contributed by atoms with Gasteiger partial charge in [0.15, 0.2) is 9.84 Å². The molecular weight excluding hydrogens is 229 g/mol. The quantitative estimate of drug-likeness (QED) is 0.785. The maximum absolute atomic E-state index is 12.7. The van der Waals surface area contributed by atoms with Crippen LogP contribution in [0.4, 0.5) is 4.39 Å². The van der Waals surface area contributed by atoms with Crippen LogP contribution >= 0.6 is 0 Å². The van der Waals surface area contributed by atoms with E-state index in [9.17, 15) is 12.8 Å². The lowest BCUT2D eigenvalue weighted by molar-refractivity contribution is 0.599. The van der Waals surface area contributed by atoms with Gasteiger partial charge in [0, 0.05) is 12.2 Å². The topological polar surface area (TPSA) is 57.9 Å². The van der Waals surface area contributed by atoms with Crippen molar-refractivity contribution in [1.29, 1.82) is 5.26 Å². The Morgan fingerprint density at radius 3 is 2.25 bits per heavy atom. The molecule has 1 fully saturated rings. The molecule has 1 saturated carbocycles. The first-order valence-electron chi connectivity index (χ1n) is 4.79. The Morgan fingerprint density at radius 2 is 1.88 bits per heavy atom. The normalized spacial score (nSPS) is 28.4. The first-order chi connectivity index (χ1) is 7.45. The zero-order valence-corrected chi connectivity index (χ0v) is 9.41. The third-order valence-electron chi connectivity index (χ3n) is 2.85. The van der Waals surface area contributed by atoms with E-state index in [1.807, 2.05) is 6.07 Å². The highest BCUT2D eigenvalue weighted by atomic mass is 32.2. The number of hydrogen-bond acceptors (Lipinski definition) is 3. The summed E-state index contributed by atoms with van der Waals surface area (Å²) in [5.74, 6) is -1.17. The lowest BCUT2D eigenvalue weighted by Crippen LogP contribution is -2.06. The first kappa shape index (κ1) is 11.1. The molecule has 3 nitrogen and oxygen atoms in total. The van der Waals surface area contributed by atoms with E-state index in [1.165, 1.54) is 24.3 Å². The monoisotopic (exact) mass is 239 g/mol. The second-order valence-electron chi connectivity index (χ2n) is 4.03. The molecule has 0 heterocycles. The third kappa shape index (κ3) is 1.81. The Hall–Kier alpha value is -1.41. The molecule has 0 bridgehead atoms. The zero-order chi connectivity index (χ0) is 11.9. The second-order valence-corrected chi connectivity index (χ2v) is 6.23. The molecule has 1 aliphatic carbocycles. The maximum atomic E-state index is 12.7. The Bertz CT molecular complexity index is 544. The van der Waals surface area contributed by atoms with Crippen LogP contribution in [0.1, 0.15) is 11.5 Å². The molecule has 16 heavy (non-hydrogen) atoms. The summed E-state index contributed by atoms with van der Waals surface area (Å²) < 4.78 is 35.5. The SMILES string of the molecule is CS(=O)(=O)C1C(C#N)C1c1ccc(F)cc1. The molecule has 0 N–H and O–H groups in total. The number of benzene rings is 1. The average molecular weight is 239 g/mol. The van der Waals surface area contributed by atoms with E-state index in [1.54, 1.807) is 0 Å². The smallest absolute Gasteiger partial charge is 0.152 e. The van der Waals surface area contributed by atoms with E-state index >= 15 is 0 Å². The molecule has 1 aliphatic rings. The summed E-state index contributed by atoms with van der Waals surface area (Å²) in [6.07, 6.45) is 1.13. The highest BCUT2D eigenvalue weighted by Crippen LogP contribution is 2.51. The van der Waals surface area contributed by atoms with Gasteiger partial charge in [0.05, 0.1) is 17.2 Å². The van der Waals surface area contributed by atoms with Crippen molar-refractivity contribution < 1.29 is 12.8 Å². The molecule has 0 amide bonds. The predicted molar refractivity (Wildman–Crippen MR) is 56.9 cm³/mol. The molecule has 3 unspecified atom stereocenters. The molecule has 0 saturated heterocycles. The number of nitrogens with zero attached hydrogens (tertiary/aromatic N) is 1. The summed E-state index contributed by atoms with van der Waals surface area (Å²) in [5.41, 5.74) is 0.711. The van der Waals surface area contributed by atoms with E-state index < -0.39 is 21.0 Å². The molecule has 0 aliphatic heterocycles. The number of sulfone groups is 1. The Morgan fingerprint density at radius 1 is 1.31 bits per heavy atom. The lowest BCUT2D eigenvalue weighted by Gasteiger charge is -1.98. The fraction of sp³-hybridized carbons (Fsp3) is 0.364. The van der Waals surface area contributed by atoms with Crippen LogP contribution in [0, 0.1) is 23.1 Å². The van der Waals surface area contributed by atoms with Gasteiger partial charge in [-0.3, -0.25) is 0 Å². The molecule has 0 radical (unpaired) electrons. The van der Waals surface area contributed by atoms with Gasteiger partial charge in [-0.05, 0) is 17.7 Å². The minimum atomic E-state index is -3.21. The van der Waals surface area contributed by atoms with E-state index in [2.05, 4.69) is 0 Å². The van der Waals surface area contributed by atoms with Crippen LogP contribution in [0.3, 0.4) is 0 Å². The van der Waals surface area contributed by atoms with E-state index in [4.69, 9.17) is 5.26 Å². The van der Waals surface area contributed by atoms with Gasteiger partial charge in [-0.25, -0.2) is 12.8 Å². The predicted octanol–water partition coefficient (Wildman–Crippen LogP) is 1.48. The van der Waals surface area contributed by atoms with Crippen molar-refractivity contribution in [3.63, 3.8) is 0 Å². The number of nitriles is 1. The summed E-state index contributed by atoms with van der Waals surface area (Å²) in [7, 11) is -3.21. The molecule has 0 spiro atoms. The van der Waals surface area contributed by atoms with E-state index in [0.29, 0.717) is 5.56 Å². The minimum absolute atomic E-state index is 0.305. The Balaban J connectivity index is 2.31. The molecule has 1 aromatic rings. The van der Waals surface area contributed by atoms with Crippen molar-refractivity contribution in [3.05, 3.63) is 35.6 Å². The van der Waals surface area contributed by atoms with E-state index in [0.717, 1.165) is 6.26 Å². The number of rotatable bonds is 2. The van der Waals surface area contributed by atoms with Gasteiger partial charge in [0.25, 0.3) is 0 Å². The van der Waals surface area contributed by atoms with Crippen LogP contribution < -0.4 is 0 Å². The van der Waals surface area contributed by atoms with Crippen LogP contribution in [-0.4, -0.2) is 19.9 Å². The minimum Gasteiger partial charge on any atom is -0.229 e. The summed E-state index contributed by atoms with van der Waals surface area (Å²) in [6.45, 7) is 0. The van der Waals surface area contributed by atoms with Crippen molar-refractivity contribution in [2.75, 3.05) is 6.26 Å². The summed E-state index contributed by atoms with van der Waals surface area (Å²) in [6, 6.07) is 7.62. The van der Waals surface area contributed by atoms with Crippen molar-refractivity contribution in [3.8, 4) is 6.07 Å². The number of hydrogen-bond donors (Lipinski definition) is 0. The van der Waals surface area contributed by atoms with Gasteiger partial charge in [0.1, 0.15) is 5.82 Å². The Kier molecular flexibility index (Phi) is 2.47. The fourth-order valence-electron chi connectivity index (χ4n) is 2.05. The van der Waals surface area contributed by atoms with Crippen molar-refractivity contribution in [1.82, 2.24) is 0 Å². The van der Waals surface area contributed by atoms with Gasteiger partial charge in [-0.2, -0.15) is 5.26 Å². The molecule has 84 valence electrons. The van der Waals surface area contributed by atoms with Crippen molar-refractivity contribution in [2.45, 2.75) is 11.2 Å². The molecule has 3 atom stereocenters. The van der Waals surface area contributed by atoms with Gasteiger partial charge in [-0.15, -0.1) is 0 Å². The van der Waals surface area contributed by atoms with E-state index in [-0.39, 0.29) is 11.7 Å². The largest absolute Gasteiger partial charge is 0.229 e. The average Bonchev–Trinajstić information content (AvgIpc) is 2.92. The Labute approximate surface area is 93.4 Å². The lowest BCUT2D eigenvalue weighted by atomic mass is 10.1.